The number of aliphatic hydroxyl groups is 1. The van der Waals surface area contributed by atoms with Gasteiger partial charge >= 0.3 is 5.97 Å². The van der Waals surface area contributed by atoms with Crippen molar-refractivity contribution in [3.63, 3.8) is 0 Å². The molecule has 0 aromatic rings. The highest BCUT2D eigenvalue weighted by molar-refractivity contribution is 5.85. The van der Waals surface area contributed by atoms with E-state index in [4.69, 9.17) is 25.2 Å². The van der Waals surface area contributed by atoms with Crippen molar-refractivity contribution in [1.29, 1.82) is 0 Å². The summed E-state index contributed by atoms with van der Waals surface area (Å²) in [6, 6.07) is 0. The molecule has 0 aliphatic carbocycles. The van der Waals surface area contributed by atoms with Gasteiger partial charge in [0.25, 0.3) is 5.91 Å². The van der Waals surface area contributed by atoms with E-state index < -0.39 is 0 Å². The molecule has 30 heavy (non-hydrogen) atoms. The number of amides is 3. The van der Waals surface area contributed by atoms with Crippen LogP contribution in [0, 0.1) is 0 Å². The van der Waals surface area contributed by atoms with Gasteiger partial charge in [-0.25, -0.2) is 5.84 Å². The van der Waals surface area contributed by atoms with Gasteiger partial charge in [0.1, 0.15) is 26.3 Å². The van der Waals surface area contributed by atoms with Crippen LogP contribution in [-0.4, -0.2) is 104 Å². The number of nitrogens with zero attached hydrogens (tertiary/aromatic N) is 2. The summed E-state index contributed by atoms with van der Waals surface area (Å²) in [5.74, 6) is 11.8. The average Bonchev–Trinajstić information content (AvgIpc) is 2.74. The van der Waals surface area contributed by atoms with Gasteiger partial charge in [-0.15, -0.1) is 0 Å². The Bertz CT molecular complexity index is 508. The van der Waals surface area contributed by atoms with Gasteiger partial charge in [-0.05, 0) is 13.8 Å². The van der Waals surface area contributed by atoms with E-state index in [9.17, 15) is 19.2 Å². The smallest absolute Gasteiger partial charge is 0.325 e. The van der Waals surface area contributed by atoms with E-state index in [1.165, 1.54) is 9.80 Å². The lowest BCUT2D eigenvalue weighted by Gasteiger charge is -2.25. The summed E-state index contributed by atoms with van der Waals surface area (Å²) in [6.07, 6.45) is 0. The van der Waals surface area contributed by atoms with Gasteiger partial charge in [0.05, 0.1) is 19.8 Å². The predicted molar refractivity (Wildman–Crippen MR) is 105 cm³/mol. The highest BCUT2D eigenvalue weighted by atomic mass is 16.5. The number of nitrogens with one attached hydrogen (secondary N) is 1. The van der Waals surface area contributed by atoms with Crippen molar-refractivity contribution in [2.75, 3.05) is 65.8 Å². The zero-order chi connectivity index (χ0) is 23.4. The molecule has 0 spiro atoms. The van der Waals surface area contributed by atoms with E-state index >= 15 is 0 Å². The van der Waals surface area contributed by atoms with E-state index in [0.717, 1.165) is 0 Å². The molecule has 0 aromatic carbocycles. The molecule has 14 nitrogen and oxygen atoms in total. The summed E-state index contributed by atoms with van der Waals surface area (Å²) in [7, 11) is 0. The zero-order valence-corrected chi connectivity index (χ0v) is 17.5. The molecule has 2 fully saturated rings. The van der Waals surface area contributed by atoms with Crippen molar-refractivity contribution < 1.29 is 38.5 Å². The third kappa shape index (κ3) is 14.6. The molecule has 176 valence electrons. The fourth-order valence-electron chi connectivity index (χ4n) is 2.02. The van der Waals surface area contributed by atoms with Crippen LogP contribution in [0.2, 0.25) is 0 Å². The van der Waals surface area contributed by atoms with Crippen molar-refractivity contribution in [3.05, 3.63) is 0 Å². The summed E-state index contributed by atoms with van der Waals surface area (Å²) < 4.78 is 14.5. The Hall–Kier alpha value is -2.36. The Labute approximate surface area is 175 Å². The number of rotatable bonds is 5. The maximum atomic E-state index is 11.1. The molecule has 2 aliphatic heterocycles. The second-order valence-corrected chi connectivity index (χ2v) is 5.42. The number of carbonyl (C=O) groups is 4. The van der Waals surface area contributed by atoms with Crippen LogP contribution < -0.4 is 23.0 Å². The minimum atomic E-state index is -0.370. The van der Waals surface area contributed by atoms with Crippen LogP contribution in [0.5, 0.6) is 0 Å². The summed E-state index contributed by atoms with van der Waals surface area (Å²) in [6.45, 7) is 6.07. The molecule has 0 saturated carbocycles. The van der Waals surface area contributed by atoms with E-state index in [0.29, 0.717) is 32.9 Å². The first-order valence-electron chi connectivity index (χ1n) is 9.19. The zero-order valence-electron chi connectivity index (χ0n) is 17.5. The molecule has 0 radical (unpaired) electrons. The molecular weight excluding hydrogens is 404 g/mol. The summed E-state index contributed by atoms with van der Waals surface area (Å²) >= 11 is 0. The van der Waals surface area contributed by atoms with E-state index in [1.54, 1.807) is 13.8 Å². The Morgan fingerprint density at radius 1 is 1.03 bits per heavy atom. The van der Waals surface area contributed by atoms with Crippen LogP contribution >= 0.6 is 0 Å². The van der Waals surface area contributed by atoms with Crippen LogP contribution in [0.1, 0.15) is 13.8 Å². The number of morpholine rings is 2. The highest BCUT2D eigenvalue weighted by Gasteiger charge is 2.21. The lowest BCUT2D eigenvalue weighted by molar-refractivity contribution is -0.154. The first kappa shape index (κ1) is 29.8. The van der Waals surface area contributed by atoms with Crippen LogP contribution in [-0.2, 0) is 33.4 Å². The van der Waals surface area contributed by atoms with Crippen molar-refractivity contribution in [2.45, 2.75) is 13.8 Å². The molecular formula is C16H34N6O8. The standard InChI is InChI=1S/C8H13NO4.C6H11N3O3.C2H6O.H4N2/c1-2-13-8(11)5-9-3-4-12-6-7(9)10;7-8-5(10)3-9-1-2-12-4-6(9)11;1-2-3;1-2/h2-6H2,1H3;1-4,7H2,(H,8,10);3H,2H2,1H3;1-2H2. The molecule has 3 amide bonds. The van der Waals surface area contributed by atoms with E-state index in [1.807, 2.05) is 5.43 Å². The average molecular weight is 438 g/mol. The van der Waals surface area contributed by atoms with Crippen LogP contribution in [0.4, 0.5) is 0 Å². The van der Waals surface area contributed by atoms with Crippen molar-refractivity contribution in [1.82, 2.24) is 15.2 Å². The lowest BCUT2D eigenvalue weighted by atomic mass is 10.4. The quantitative estimate of drug-likeness (QED) is 0.121. The third-order valence-electron chi connectivity index (χ3n) is 3.29. The van der Waals surface area contributed by atoms with Gasteiger partial charge in [0.15, 0.2) is 0 Å². The van der Waals surface area contributed by atoms with Gasteiger partial charge in [0.2, 0.25) is 11.8 Å². The molecule has 2 aliphatic rings. The SMILES string of the molecule is CCO.CCOC(=O)CN1CCOCC1=O.NN.NNC(=O)CN1CCOCC1=O. The topological polar surface area (TPSA) is 213 Å². The van der Waals surface area contributed by atoms with Gasteiger partial charge in [-0.1, -0.05) is 0 Å². The maximum absolute atomic E-state index is 11.1. The lowest BCUT2D eigenvalue weighted by Crippen LogP contribution is -2.48. The fourth-order valence-corrected chi connectivity index (χ4v) is 2.02. The van der Waals surface area contributed by atoms with Crippen molar-refractivity contribution in [2.24, 2.45) is 17.5 Å². The Morgan fingerprint density at radius 2 is 1.47 bits per heavy atom. The molecule has 0 aromatic heterocycles. The number of esters is 1. The number of nitrogens with two attached hydrogens (primary N) is 3. The first-order valence-corrected chi connectivity index (χ1v) is 9.19. The van der Waals surface area contributed by atoms with Gasteiger partial charge in [0, 0.05) is 19.7 Å². The normalized spacial score (nSPS) is 15.4. The van der Waals surface area contributed by atoms with E-state index in [2.05, 4.69) is 11.7 Å². The Kier molecular flexibility index (Phi) is 19.8. The monoisotopic (exact) mass is 438 g/mol. The number of hydrazine groups is 2. The molecule has 0 bridgehead atoms. The van der Waals surface area contributed by atoms with Gasteiger partial charge < -0.3 is 29.1 Å². The first-order chi connectivity index (χ1) is 14.4. The molecule has 0 unspecified atom stereocenters. The summed E-state index contributed by atoms with van der Waals surface area (Å²) in [4.78, 5) is 46.8. The van der Waals surface area contributed by atoms with Crippen LogP contribution in [0.3, 0.4) is 0 Å². The minimum Gasteiger partial charge on any atom is -0.465 e. The number of hydrogen-bond donors (Lipinski definition) is 5. The highest BCUT2D eigenvalue weighted by Crippen LogP contribution is 1.99. The van der Waals surface area contributed by atoms with Crippen molar-refractivity contribution >= 4 is 23.7 Å². The molecule has 2 heterocycles. The predicted octanol–water partition coefficient (Wildman–Crippen LogP) is -3.94. The Morgan fingerprint density at radius 3 is 1.83 bits per heavy atom. The Balaban J connectivity index is 0. The molecule has 8 N–H and O–H groups in total. The van der Waals surface area contributed by atoms with E-state index in [-0.39, 0.29) is 56.6 Å². The number of ether oxygens (including phenoxy) is 3. The molecule has 2 rings (SSSR count). The summed E-state index contributed by atoms with van der Waals surface area (Å²) in [5.41, 5.74) is 1.96. The molecule has 0 atom stereocenters. The number of aliphatic hydroxyl groups excluding tert-OH is 1. The number of hydrogen-bond acceptors (Lipinski definition) is 11. The minimum absolute atomic E-state index is 0.0126. The maximum Gasteiger partial charge on any atom is 0.325 e. The van der Waals surface area contributed by atoms with Crippen molar-refractivity contribution in [3.8, 4) is 0 Å². The van der Waals surface area contributed by atoms with Crippen LogP contribution in [0.15, 0.2) is 0 Å². The van der Waals surface area contributed by atoms with Crippen LogP contribution in [0.25, 0.3) is 0 Å². The fraction of sp³-hybridized carbons (Fsp3) is 0.750. The second kappa shape index (κ2) is 19.9. The summed E-state index contributed by atoms with van der Waals surface area (Å²) in [5, 5.41) is 7.57. The third-order valence-corrected chi connectivity index (χ3v) is 3.29. The number of carbonyl (C=O) groups excluding carboxylic acids is 4. The van der Waals surface area contributed by atoms with Gasteiger partial charge in [-0.2, -0.15) is 0 Å². The van der Waals surface area contributed by atoms with Gasteiger partial charge in [-0.3, -0.25) is 36.3 Å². The largest absolute Gasteiger partial charge is 0.465 e. The molecule has 2 saturated heterocycles. The second-order valence-electron chi connectivity index (χ2n) is 5.42. The molecule has 14 heteroatoms.